The molecule has 1 saturated carbocycles. The lowest BCUT2D eigenvalue weighted by molar-refractivity contribution is -0.121. The van der Waals surface area contributed by atoms with E-state index in [2.05, 4.69) is 12.2 Å². The second-order valence-electron chi connectivity index (χ2n) is 4.80. The van der Waals surface area contributed by atoms with E-state index in [0.717, 1.165) is 12.5 Å². The van der Waals surface area contributed by atoms with Crippen molar-refractivity contribution in [2.24, 2.45) is 17.8 Å². The highest BCUT2D eigenvalue weighted by Crippen LogP contribution is 2.37. The first-order valence-corrected chi connectivity index (χ1v) is 6.08. The van der Waals surface area contributed by atoms with Crippen molar-refractivity contribution < 1.29 is 4.79 Å². The summed E-state index contributed by atoms with van der Waals surface area (Å²) in [6.07, 6.45) is 3.71. The van der Waals surface area contributed by atoms with Crippen LogP contribution in [-0.4, -0.2) is 24.2 Å². The number of carbonyl (C=O) groups excluding carboxylic acids is 1. The summed E-state index contributed by atoms with van der Waals surface area (Å²) >= 11 is 5.61. The summed E-state index contributed by atoms with van der Waals surface area (Å²) in [5.74, 6) is 2.00. The van der Waals surface area contributed by atoms with Gasteiger partial charge in [0.15, 0.2) is 5.78 Å². The van der Waals surface area contributed by atoms with Crippen molar-refractivity contribution in [2.75, 3.05) is 12.4 Å². The molecule has 14 heavy (non-hydrogen) atoms. The second-order valence-corrected chi connectivity index (χ2v) is 5.07. The van der Waals surface area contributed by atoms with E-state index in [1.165, 1.54) is 19.3 Å². The topological polar surface area (TPSA) is 29.1 Å². The SMILES string of the molecule is CC1CCC2C(C1)NCC2C(=O)CCl. The first-order valence-electron chi connectivity index (χ1n) is 5.54. The van der Waals surface area contributed by atoms with Crippen LogP contribution in [0.2, 0.25) is 0 Å². The molecule has 0 spiro atoms. The van der Waals surface area contributed by atoms with Crippen LogP contribution in [0.15, 0.2) is 0 Å². The van der Waals surface area contributed by atoms with E-state index in [1.54, 1.807) is 0 Å². The molecule has 0 radical (unpaired) electrons. The molecule has 0 aromatic carbocycles. The molecule has 0 aromatic heterocycles. The van der Waals surface area contributed by atoms with Gasteiger partial charge in [-0.05, 0) is 24.7 Å². The summed E-state index contributed by atoms with van der Waals surface area (Å²) in [6, 6.07) is 0.580. The molecule has 0 aromatic rings. The van der Waals surface area contributed by atoms with Crippen molar-refractivity contribution in [3.63, 3.8) is 0 Å². The van der Waals surface area contributed by atoms with Crippen LogP contribution < -0.4 is 5.32 Å². The number of fused-ring (bicyclic) bond motifs is 1. The molecule has 1 aliphatic carbocycles. The Kier molecular flexibility index (Phi) is 3.13. The van der Waals surface area contributed by atoms with E-state index in [1.807, 2.05) is 0 Å². The Morgan fingerprint density at radius 3 is 3.00 bits per heavy atom. The minimum atomic E-state index is 0.186. The number of alkyl halides is 1. The maximum Gasteiger partial charge on any atom is 0.152 e. The summed E-state index contributed by atoms with van der Waals surface area (Å²) in [5, 5.41) is 3.47. The molecule has 4 atom stereocenters. The summed E-state index contributed by atoms with van der Waals surface area (Å²) in [6.45, 7) is 3.15. The maximum absolute atomic E-state index is 11.6. The molecule has 1 N–H and O–H groups in total. The van der Waals surface area contributed by atoms with Crippen LogP contribution >= 0.6 is 11.6 Å². The fraction of sp³-hybridized carbons (Fsp3) is 0.909. The van der Waals surface area contributed by atoms with Gasteiger partial charge in [0.2, 0.25) is 0 Å². The Hall–Kier alpha value is -0.0800. The Morgan fingerprint density at radius 2 is 2.29 bits per heavy atom. The highest BCUT2D eigenvalue weighted by Gasteiger charge is 2.41. The standard InChI is InChI=1S/C11H18ClNO/c1-7-2-3-8-9(11(14)5-12)6-13-10(8)4-7/h7-10,13H,2-6H2,1H3. The quantitative estimate of drug-likeness (QED) is 0.712. The molecule has 0 bridgehead atoms. The predicted octanol–water partition coefficient (Wildman–Crippen LogP) is 1.82. The van der Waals surface area contributed by atoms with Gasteiger partial charge in [0.25, 0.3) is 0 Å². The van der Waals surface area contributed by atoms with Crippen molar-refractivity contribution in [3.05, 3.63) is 0 Å². The zero-order valence-corrected chi connectivity index (χ0v) is 9.39. The molecule has 1 heterocycles. The molecular formula is C11H18ClNO. The summed E-state index contributed by atoms with van der Waals surface area (Å²) in [4.78, 5) is 11.6. The van der Waals surface area contributed by atoms with Crippen LogP contribution in [0.3, 0.4) is 0 Å². The average molecular weight is 216 g/mol. The summed E-state index contributed by atoms with van der Waals surface area (Å²) in [5.41, 5.74) is 0. The minimum absolute atomic E-state index is 0.186. The summed E-state index contributed by atoms with van der Waals surface area (Å²) < 4.78 is 0. The molecule has 4 unspecified atom stereocenters. The van der Waals surface area contributed by atoms with Gasteiger partial charge in [-0.15, -0.1) is 11.6 Å². The highest BCUT2D eigenvalue weighted by molar-refractivity contribution is 6.28. The lowest BCUT2D eigenvalue weighted by Crippen LogP contribution is -2.34. The summed E-state index contributed by atoms with van der Waals surface area (Å²) in [7, 11) is 0. The number of ketones is 1. The lowest BCUT2D eigenvalue weighted by atomic mass is 9.75. The van der Waals surface area contributed by atoms with Crippen LogP contribution in [0.25, 0.3) is 0 Å². The van der Waals surface area contributed by atoms with E-state index in [0.29, 0.717) is 12.0 Å². The van der Waals surface area contributed by atoms with E-state index >= 15 is 0 Å². The number of carbonyl (C=O) groups is 1. The molecule has 2 fully saturated rings. The average Bonchev–Trinajstić information content (AvgIpc) is 2.59. The normalized spacial score (nSPS) is 42.1. The Morgan fingerprint density at radius 1 is 1.50 bits per heavy atom. The molecule has 1 aliphatic heterocycles. The fourth-order valence-corrected chi connectivity index (χ4v) is 3.20. The molecule has 80 valence electrons. The number of hydrogen-bond acceptors (Lipinski definition) is 2. The largest absolute Gasteiger partial charge is 0.313 e. The van der Waals surface area contributed by atoms with Gasteiger partial charge in [0.1, 0.15) is 0 Å². The Balaban J connectivity index is 2.01. The molecule has 2 rings (SSSR count). The lowest BCUT2D eigenvalue weighted by Gasteiger charge is -2.31. The molecule has 2 aliphatic rings. The van der Waals surface area contributed by atoms with Crippen LogP contribution in [0, 0.1) is 17.8 Å². The van der Waals surface area contributed by atoms with Gasteiger partial charge in [0.05, 0.1) is 5.88 Å². The van der Waals surface area contributed by atoms with Crippen LogP contribution in [0.4, 0.5) is 0 Å². The zero-order valence-electron chi connectivity index (χ0n) is 8.63. The molecular weight excluding hydrogens is 198 g/mol. The van der Waals surface area contributed by atoms with Gasteiger partial charge in [-0.1, -0.05) is 13.3 Å². The van der Waals surface area contributed by atoms with Gasteiger partial charge >= 0.3 is 0 Å². The first kappa shape index (κ1) is 10.4. The number of nitrogens with one attached hydrogen (secondary N) is 1. The molecule has 1 saturated heterocycles. The van der Waals surface area contributed by atoms with Crippen LogP contribution in [0.1, 0.15) is 26.2 Å². The minimum Gasteiger partial charge on any atom is -0.313 e. The predicted molar refractivity (Wildman–Crippen MR) is 57.5 cm³/mol. The van der Waals surface area contributed by atoms with Gasteiger partial charge in [-0.2, -0.15) is 0 Å². The van der Waals surface area contributed by atoms with Crippen molar-refractivity contribution in [1.82, 2.24) is 5.32 Å². The van der Waals surface area contributed by atoms with E-state index < -0.39 is 0 Å². The van der Waals surface area contributed by atoms with Gasteiger partial charge in [-0.25, -0.2) is 0 Å². The van der Waals surface area contributed by atoms with E-state index in [-0.39, 0.29) is 17.6 Å². The highest BCUT2D eigenvalue weighted by atomic mass is 35.5. The van der Waals surface area contributed by atoms with Crippen LogP contribution in [-0.2, 0) is 4.79 Å². The molecule has 3 heteroatoms. The van der Waals surface area contributed by atoms with Crippen molar-refractivity contribution in [2.45, 2.75) is 32.2 Å². The van der Waals surface area contributed by atoms with E-state index in [4.69, 9.17) is 11.6 Å². The molecule has 2 nitrogen and oxygen atoms in total. The smallest absolute Gasteiger partial charge is 0.152 e. The van der Waals surface area contributed by atoms with Crippen molar-refractivity contribution >= 4 is 17.4 Å². The monoisotopic (exact) mass is 215 g/mol. The van der Waals surface area contributed by atoms with Crippen molar-refractivity contribution in [3.8, 4) is 0 Å². The Labute approximate surface area is 90.4 Å². The van der Waals surface area contributed by atoms with Crippen LogP contribution in [0.5, 0.6) is 0 Å². The van der Waals surface area contributed by atoms with Gasteiger partial charge < -0.3 is 5.32 Å². The van der Waals surface area contributed by atoms with Crippen molar-refractivity contribution in [1.29, 1.82) is 0 Å². The van der Waals surface area contributed by atoms with Gasteiger partial charge in [-0.3, -0.25) is 4.79 Å². The van der Waals surface area contributed by atoms with Gasteiger partial charge in [0, 0.05) is 18.5 Å². The Bertz CT molecular complexity index is 231. The maximum atomic E-state index is 11.6. The number of halogens is 1. The zero-order chi connectivity index (χ0) is 10.1. The third kappa shape index (κ3) is 1.82. The number of rotatable bonds is 2. The molecule has 0 amide bonds. The number of hydrogen-bond donors (Lipinski definition) is 1. The third-order valence-electron chi connectivity index (χ3n) is 3.83. The third-order valence-corrected chi connectivity index (χ3v) is 4.09. The second kappa shape index (κ2) is 4.19. The van der Waals surface area contributed by atoms with E-state index in [9.17, 15) is 4.79 Å². The fourth-order valence-electron chi connectivity index (χ4n) is 3.00. The number of Topliss-reactive ketones (excluding diaryl/α,β-unsaturated/α-hetero) is 1. The first-order chi connectivity index (χ1) is 6.72.